The van der Waals surface area contributed by atoms with Crippen LogP contribution in [0.15, 0.2) is 28.8 Å². The third-order valence-corrected chi connectivity index (χ3v) is 6.18. The number of nitrogens with zero attached hydrogens (tertiary/aromatic N) is 2. The average Bonchev–Trinajstić information content (AvgIpc) is 2.99. The highest BCUT2D eigenvalue weighted by molar-refractivity contribution is 5.68. The van der Waals surface area contributed by atoms with Crippen LogP contribution in [0.3, 0.4) is 0 Å². The SMILES string of the molecule is CC(C)(C)OC(=O)N1CCC2(CC1)C(c1cc(-c3ccc(F)cc3C(F)(F)F)no1)C2(F)F. The van der Waals surface area contributed by atoms with E-state index in [0.29, 0.717) is 6.07 Å². The predicted molar refractivity (Wildman–Crippen MR) is 104 cm³/mol. The van der Waals surface area contributed by atoms with E-state index in [-0.39, 0.29) is 37.4 Å². The first-order chi connectivity index (χ1) is 15.2. The molecule has 180 valence electrons. The van der Waals surface area contributed by atoms with Crippen molar-refractivity contribution in [1.82, 2.24) is 10.1 Å². The van der Waals surface area contributed by atoms with Crippen LogP contribution in [0.5, 0.6) is 0 Å². The molecule has 11 heteroatoms. The summed E-state index contributed by atoms with van der Waals surface area (Å²) in [6, 6.07) is 3.10. The van der Waals surface area contributed by atoms with Crippen molar-refractivity contribution >= 4 is 6.09 Å². The van der Waals surface area contributed by atoms with Gasteiger partial charge in [0.05, 0.1) is 16.9 Å². The Bertz CT molecular complexity index is 1060. The van der Waals surface area contributed by atoms with Gasteiger partial charge in [-0.2, -0.15) is 13.2 Å². The monoisotopic (exact) mass is 476 g/mol. The zero-order valence-electron chi connectivity index (χ0n) is 18.1. The van der Waals surface area contributed by atoms with Gasteiger partial charge >= 0.3 is 12.3 Å². The van der Waals surface area contributed by atoms with Crippen molar-refractivity contribution < 1.29 is 40.4 Å². The quantitative estimate of drug-likeness (QED) is 0.481. The fourth-order valence-corrected chi connectivity index (χ4v) is 4.52. The summed E-state index contributed by atoms with van der Waals surface area (Å²) >= 11 is 0. The first-order valence-electron chi connectivity index (χ1n) is 10.4. The molecule has 1 spiro atoms. The standard InChI is InChI=1S/C22H22F6N2O3/c1-19(2,3)32-18(31)30-8-6-20(7-9-30)17(21(20,24)25)16-11-15(29-33-16)13-5-4-12(23)10-14(13)22(26,27)28/h4-5,10-11,17H,6-9H2,1-3H3. The lowest BCUT2D eigenvalue weighted by molar-refractivity contribution is -0.137. The fraction of sp³-hybridized carbons (Fsp3) is 0.545. The van der Waals surface area contributed by atoms with Gasteiger partial charge in [-0.3, -0.25) is 0 Å². The van der Waals surface area contributed by atoms with E-state index < -0.39 is 52.1 Å². The van der Waals surface area contributed by atoms with E-state index in [9.17, 15) is 31.1 Å². The number of amides is 1. The van der Waals surface area contributed by atoms with E-state index in [1.54, 1.807) is 20.8 Å². The van der Waals surface area contributed by atoms with Crippen LogP contribution in [0.4, 0.5) is 31.1 Å². The zero-order chi connectivity index (χ0) is 24.4. The van der Waals surface area contributed by atoms with Gasteiger partial charge in [-0.15, -0.1) is 0 Å². The van der Waals surface area contributed by atoms with Crippen molar-refractivity contribution in [3.63, 3.8) is 0 Å². The van der Waals surface area contributed by atoms with E-state index in [0.717, 1.165) is 18.2 Å². The molecule has 1 aliphatic heterocycles. The molecule has 0 bridgehead atoms. The summed E-state index contributed by atoms with van der Waals surface area (Å²) in [7, 11) is 0. The van der Waals surface area contributed by atoms with Gasteiger partial charge in [0.1, 0.15) is 22.9 Å². The molecule has 5 nitrogen and oxygen atoms in total. The van der Waals surface area contributed by atoms with Crippen molar-refractivity contribution in [3.8, 4) is 11.3 Å². The van der Waals surface area contributed by atoms with E-state index in [2.05, 4.69) is 5.16 Å². The third-order valence-electron chi connectivity index (χ3n) is 6.18. The average molecular weight is 476 g/mol. The van der Waals surface area contributed by atoms with Crippen LogP contribution in [0, 0.1) is 11.2 Å². The molecular formula is C22H22F6N2O3. The summed E-state index contributed by atoms with van der Waals surface area (Å²) in [5, 5.41) is 3.56. The Hall–Kier alpha value is -2.72. The summed E-state index contributed by atoms with van der Waals surface area (Å²) in [5.74, 6) is -5.86. The minimum atomic E-state index is -4.87. The second-order valence-electron chi connectivity index (χ2n) is 9.48. The molecule has 2 fully saturated rings. The summed E-state index contributed by atoms with van der Waals surface area (Å²) in [4.78, 5) is 13.6. The summed E-state index contributed by atoms with van der Waals surface area (Å²) < 4.78 is 93.5. The first kappa shape index (κ1) is 23.4. The topological polar surface area (TPSA) is 55.6 Å². The van der Waals surface area contributed by atoms with Crippen LogP contribution in [0.25, 0.3) is 11.3 Å². The van der Waals surface area contributed by atoms with Crippen LogP contribution in [0.1, 0.15) is 50.9 Å². The van der Waals surface area contributed by atoms with Gasteiger partial charge in [0.2, 0.25) is 0 Å². The summed E-state index contributed by atoms with van der Waals surface area (Å²) in [6.07, 6.45) is -5.50. The van der Waals surface area contributed by atoms with Crippen LogP contribution >= 0.6 is 0 Å². The molecule has 2 aromatic rings. The van der Waals surface area contributed by atoms with Gasteiger partial charge in [-0.25, -0.2) is 18.0 Å². The van der Waals surface area contributed by atoms with E-state index in [1.165, 1.54) is 4.90 Å². The zero-order valence-corrected chi connectivity index (χ0v) is 18.1. The number of hydrogen-bond acceptors (Lipinski definition) is 4. The van der Waals surface area contributed by atoms with Gasteiger partial charge in [-0.1, -0.05) is 5.16 Å². The van der Waals surface area contributed by atoms with Gasteiger partial charge in [0, 0.05) is 24.7 Å². The summed E-state index contributed by atoms with van der Waals surface area (Å²) in [6.45, 7) is 5.22. The highest BCUT2D eigenvalue weighted by Gasteiger charge is 2.82. The second-order valence-corrected chi connectivity index (χ2v) is 9.48. The smallest absolute Gasteiger partial charge is 0.417 e. The van der Waals surface area contributed by atoms with Crippen molar-refractivity contribution in [2.24, 2.45) is 5.41 Å². The second kappa shape index (κ2) is 7.39. The number of rotatable bonds is 2. The molecule has 33 heavy (non-hydrogen) atoms. The molecule has 1 atom stereocenters. The molecule has 2 heterocycles. The Morgan fingerprint density at radius 2 is 1.79 bits per heavy atom. The number of hydrogen-bond donors (Lipinski definition) is 0. The van der Waals surface area contributed by atoms with E-state index in [1.807, 2.05) is 0 Å². The Balaban J connectivity index is 1.54. The Morgan fingerprint density at radius 3 is 2.36 bits per heavy atom. The third kappa shape index (κ3) is 4.06. The lowest BCUT2D eigenvalue weighted by atomic mass is 9.89. The molecule has 1 unspecified atom stereocenters. The lowest BCUT2D eigenvalue weighted by Crippen LogP contribution is -2.43. The number of piperidine rings is 1. The van der Waals surface area contributed by atoms with Gasteiger partial charge in [-0.05, 0) is 51.8 Å². The van der Waals surface area contributed by atoms with E-state index >= 15 is 0 Å². The Morgan fingerprint density at radius 1 is 1.15 bits per heavy atom. The minimum absolute atomic E-state index is 0.0235. The fourth-order valence-electron chi connectivity index (χ4n) is 4.52. The van der Waals surface area contributed by atoms with Crippen LogP contribution < -0.4 is 0 Å². The molecule has 1 aromatic heterocycles. The predicted octanol–water partition coefficient (Wildman–Crippen LogP) is 6.25. The minimum Gasteiger partial charge on any atom is -0.444 e. The number of ether oxygens (including phenoxy) is 1. The van der Waals surface area contributed by atoms with Crippen LogP contribution in [0.2, 0.25) is 0 Å². The maximum absolute atomic E-state index is 14.9. The number of carbonyl (C=O) groups is 1. The molecule has 1 saturated carbocycles. The highest BCUT2D eigenvalue weighted by atomic mass is 19.4. The Labute approximate surface area is 185 Å². The van der Waals surface area contributed by atoms with Crippen LogP contribution in [-0.2, 0) is 10.9 Å². The largest absolute Gasteiger partial charge is 0.444 e. The number of benzene rings is 1. The van der Waals surface area contributed by atoms with E-state index in [4.69, 9.17) is 9.26 Å². The molecular weight excluding hydrogens is 454 g/mol. The molecule has 1 saturated heterocycles. The van der Waals surface area contributed by atoms with Gasteiger partial charge < -0.3 is 14.2 Å². The molecule has 1 aromatic carbocycles. The van der Waals surface area contributed by atoms with Crippen molar-refractivity contribution in [3.05, 3.63) is 41.4 Å². The maximum Gasteiger partial charge on any atom is 0.417 e. The molecule has 4 rings (SSSR count). The number of halogens is 6. The molecule has 1 amide bonds. The lowest BCUT2D eigenvalue weighted by Gasteiger charge is -2.33. The number of aromatic nitrogens is 1. The molecule has 2 aliphatic rings. The maximum atomic E-state index is 14.9. The number of carbonyl (C=O) groups excluding carboxylic acids is 1. The van der Waals surface area contributed by atoms with Gasteiger partial charge in [0.15, 0.2) is 0 Å². The Kier molecular flexibility index (Phi) is 5.25. The van der Waals surface area contributed by atoms with Crippen molar-refractivity contribution in [2.75, 3.05) is 13.1 Å². The highest BCUT2D eigenvalue weighted by Crippen LogP contribution is 2.75. The van der Waals surface area contributed by atoms with Crippen LogP contribution in [-0.4, -0.2) is 40.8 Å². The molecule has 1 aliphatic carbocycles. The molecule has 0 radical (unpaired) electrons. The van der Waals surface area contributed by atoms with Gasteiger partial charge in [0.25, 0.3) is 5.92 Å². The number of likely N-dealkylation sites (tertiary alicyclic amines) is 1. The van der Waals surface area contributed by atoms with Crippen molar-refractivity contribution in [2.45, 2.75) is 57.2 Å². The normalized spacial score (nSPS) is 21.8. The first-order valence-corrected chi connectivity index (χ1v) is 10.4. The molecule has 0 N–H and O–H groups in total. The number of alkyl halides is 5. The summed E-state index contributed by atoms with van der Waals surface area (Å²) in [5.41, 5.74) is -4.23. The van der Waals surface area contributed by atoms with Crippen molar-refractivity contribution in [1.29, 1.82) is 0 Å².